The Labute approximate surface area is 287 Å². The number of methoxy groups -OCH3 is 1. The van der Waals surface area contributed by atoms with Gasteiger partial charge in [0.25, 0.3) is 0 Å². The highest BCUT2D eigenvalue weighted by Crippen LogP contribution is 2.44. The van der Waals surface area contributed by atoms with Gasteiger partial charge in [-0.05, 0) is 67.8 Å². The lowest BCUT2D eigenvalue weighted by atomic mass is 9.79. The summed E-state index contributed by atoms with van der Waals surface area (Å²) in [6.07, 6.45) is -10.2. The number of ether oxygens (including phenoxy) is 1. The van der Waals surface area contributed by atoms with E-state index in [2.05, 4.69) is 11.4 Å². The number of nitriles is 1. The molecule has 16 heteroatoms. The summed E-state index contributed by atoms with van der Waals surface area (Å²) in [5.41, 5.74) is -4.20. The van der Waals surface area contributed by atoms with Gasteiger partial charge in [0.1, 0.15) is 17.9 Å². The summed E-state index contributed by atoms with van der Waals surface area (Å²) in [6, 6.07) is 6.19. The largest absolute Gasteiger partial charge is 0.467 e. The molecule has 0 spiro atoms. The number of rotatable bonds is 9. The van der Waals surface area contributed by atoms with Crippen molar-refractivity contribution in [2.45, 2.75) is 58.0 Å². The van der Waals surface area contributed by atoms with Crippen LogP contribution in [0, 0.1) is 24.1 Å². The van der Waals surface area contributed by atoms with E-state index in [-0.39, 0.29) is 42.9 Å². The van der Waals surface area contributed by atoms with Crippen LogP contribution in [-0.4, -0.2) is 66.8 Å². The number of anilines is 1. The molecule has 268 valence electrons. The molecule has 2 heterocycles. The van der Waals surface area contributed by atoms with E-state index >= 15 is 0 Å². The van der Waals surface area contributed by atoms with Gasteiger partial charge in [-0.25, -0.2) is 9.18 Å². The Morgan fingerprint density at radius 1 is 1.00 bits per heavy atom. The maximum atomic E-state index is 14.1. The second kappa shape index (κ2) is 14.4. The van der Waals surface area contributed by atoms with Crippen molar-refractivity contribution >= 4 is 34.7 Å². The van der Waals surface area contributed by atoms with Crippen LogP contribution in [0.2, 0.25) is 0 Å². The molecule has 50 heavy (non-hydrogen) atoms. The summed E-state index contributed by atoms with van der Waals surface area (Å²) in [5, 5.41) is 13.2. The normalized spacial score (nSPS) is 15.8. The van der Waals surface area contributed by atoms with Crippen molar-refractivity contribution in [1.29, 1.82) is 5.26 Å². The molecule has 1 aliphatic heterocycles. The fourth-order valence-electron chi connectivity index (χ4n) is 5.72. The van der Waals surface area contributed by atoms with Gasteiger partial charge < -0.3 is 15.0 Å². The van der Waals surface area contributed by atoms with E-state index in [1.807, 2.05) is 4.90 Å². The first kappa shape index (κ1) is 38.3. The van der Waals surface area contributed by atoms with Gasteiger partial charge in [0.15, 0.2) is 5.78 Å². The van der Waals surface area contributed by atoms with Gasteiger partial charge in [0.05, 0.1) is 46.3 Å². The molecule has 0 radical (unpaired) electrons. The summed E-state index contributed by atoms with van der Waals surface area (Å²) in [4.78, 5) is 42.4. The Balaban J connectivity index is 1.72. The molecule has 3 aromatic rings. The molecule has 1 aliphatic rings. The van der Waals surface area contributed by atoms with E-state index in [0.29, 0.717) is 39.6 Å². The number of carbonyl (C=O) groups excluding carboxylic acids is 3. The number of nitrogens with zero attached hydrogens (tertiary/aromatic N) is 3. The number of Topliss-reactive ketones (excluding diaryl/α,β-unsaturated/α-hetero) is 1. The van der Waals surface area contributed by atoms with Crippen LogP contribution in [0.5, 0.6) is 0 Å². The standard InChI is InChI=1S/C34H33F7N4O4S/c1-18-10-23(35)6-7-24(18)30-29(25(14-42)27(50-30)17-44-8-9-45(19(2)46)26(16-44)31(48)49-5)43-15-28(47)32(3,4)20-11-21(33(36,37)38)13-22(12-20)34(39,40)41/h6-7,10-13,26,43H,8-9,15-17H2,1-5H3/t26-/m1/s1. The zero-order valence-corrected chi connectivity index (χ0v) is 28.4. The topological polar surface area (TPSA) is 103 Å². The van der Waals surface area contributed by atoms with Gasteiger partial charge in [-0.1, -0.05) is 6.07 Å². The number of ketones is 1. The van der Waals surface area contributed by atoms with Crippen molar-refractivity contribution in [2.75, 3.05) is 38.6 Å². The monoisotopic (exact) mass is 726 g/mol. The van der Waals surface area contributed by atoms with Crippen LogP contribution in [0.15, 0.2) is 36.4 Å². The minimum absolute atomic E-state index is 0.0148. The van der Waals surface area contributed by atoms with Crippen LogP contribution in [0.1, 0.15) is 53.5 Å². The number of benzene rings is 2. The Morgan fingerprint density at radius 2 is 1.60 bits per heavy atom. The summed E-state index contributed by atoms with van der Waals surface area (Å²) >= 11 is 1.16. The van der Waals surface area contributed by atoms with Gasteiger partial charge >= 0.3 is 18.3 Å². The first-order chi connectivity index (χ1) is 23.2. The van der Waals surface area contributed by atoms with Gasteiger partial charge in [0.2, 0.25) is 5.91 Å². The fraction of sp³-hybridized carbons (Fsp3) is 0.412. The number of carbonyl (C=O) groups is 3. The number of thiophene rings is 1. The smallest absolute Gasteiger partial charge is 0.416 e. The number of alkyl halides is 6. The molecule has 0 saturated carbocycles. The summed E-state index contributed by atoms with van der Waals surface area (Å²) in [7, 11) is 1.20. The Morgan fingerprint density at radius 3 is 2.12 bits per heavy atom. The first-order valence-corrected chi connectivity index (χ1v) is 16.0. The number of halogens is 7. The van der Waals surface area contributed by atoms with Crippen molar-refractivity contribution in [3.05, 3.63) is 74.9 Å². The summed E-state index contributed by atoms with van der Waals surface area (Å²) < 4.78 is 100. The van der Waals surface area contributed by atoms with Gasteiger partial charge in [-0.15, -0.1) is 11.3 Å². The summed E-state index contributed by atoms with van der Waals surface area (Å²) in [6.45, 7) is 5.55. The number of esters is 1. The molecule has 1 atom stereocenters. The molecule has 1 fully saturated rings. The highest BCUT2D eigenvalue weighted by molar-refractivity contribution is 7.16. The molecule has 2 aromatic carbocycles. The van der Waals surface area contributed by atoms with Gasteiger partial charge in [-0.2, -0.15) is 31.6 Å². The van der Waals surface area contributed by atoms with Crippen LogP contribution in [0.4, 0.5) is 36.4 Å². The van der Waals surface area contributed by atoms with E-state index in [0.717, 1.165) is 11.3 Å². The van der Waals surface area contributed by atoms with Crippen molar-refractivity contribution in [1.82, 2.24) is 9.80 Å². The first-order valence-electron chi connectivity index (χ1n) is 15.2. The highest BCUT2D eigenvalue weighted by atomic mass is 32.1. The zero-order chi connectivity index (χ0) is 37.3. The molecule has 1 saturated heterocycles. The molecular formula is C34H33F7N4O4S. The second-order valence-corrected chi connectivity index (χ2v) is 13.5. The van der Waals surface area contributed by atoms with Crippen molar-refractivity contribution in [3.63, 3.8) is 0 Å². The van der Waals surface area contributed by atoms with Gasteiger partial charge in [0, 0.05) is 38.0 Å². The second-order valence-electron chi connectivity index (χ2n) is 12.4. The number of hydrogen-bond donors (Lipinski definition) is 1. The molecule has 1 N–H and O–H groups in total. The van der Waals surface area contributed by atoms with Crippen molar-refractivity contribution < 1.29 is 49.9 Å². The lowest BCUT2D eigenvalue weighted by Crippen LogP contribution is -2.57. The number of nitrogens with one attached hydrogen (secondary N) is 1. The molecule has 0 unspecified atom stereocenters. The maximum absolute atomic E-state index is 14.1. The van der Waals surface area contributed by atoms with Crippen molar-refractivity contribution in [2.24, 2.45) is 0 Å². The Bertz CT molecular complexity index is 1810. The third-order valence-corrected chi connectivity index (χ3v) is 9.88. The van der Waals surface area contributed by atoms with E-state index in [1.54, 1.807) is 6.92 Å². The maximum Gasteiger partial charge on any atom is 0.416 e. The van der Waals surface area contributed by atoms with Crippen LogP contribution >= 0.6 is 11.3 Å². The molecular weight excluding hydrogens is 693 g/mol. The molecule has 1 amide bonds. The average molecular weight is 727 g/mol. The Hall–Kier alpha value is -4.49. The number of aryl methyl sites for hydroxylation is 1. The number of amides is 1. The van der Waals surface area contributed by atoms with Crippen molar-refractivity contribution in [3.8, 4) is 16.5 Å². The lowest BCUT2D eigenvalue weighted by molar-refractivity contribution is -0.155. The molecule has 4 rings (SSSR count). The SMILES string of the molecule is COC(=O)[C@H]1CN(Cc2sc(-c3ccc(F)cc3C)c(NCC(=O)C(C)(C)c3cc(C(F)(F)F)cc(C(F)(F)F)c3)c2C#N)CCN1C(C)=O. The van der Waals surface area contributed by atoms with E-state index < -0.39 is 64.6 Å². The van der Waals surface area contributed by atoms with Crippen LogP contribution < -0.4 is 5.32 Å². The zero-order valence-electron chi connectivity index (χ0n) is 27.6. The predicted molar refractivity (Wildman–Crippen MR) is 171 cm³/mol. The quantitative estimate of drug-likeness (QED) is 0.188. The average Bonchev–Trinajstić information content (AvgIpc) is 3.37. The highest BCUT2D eigenvalue weighted by Gasteiger charge is 2.40. The minimum Gasteiger partial charge on any atom is -0.467 e. The van der Waals surface area contributed by atoms with E-state index in [1.165, 1.54) is 51.0 Å². The molecule has 0 bridgehead atoms. The van der Waals surface area contributed by atoms with E-state index in [4.69, 9.17) is 4.74 Å². The summed E-state index contributed by atoms with van der Waals surface area (Å²) in [5.74, 6) is -2.23. The third-order valence-electron chi connectivity index (χ3n) is 8.67. The van der Waals surface area contributed by atoms with Crippen LogP contribution in [0.25, 0.3) is 10.4 Å². The predicted octanol–water partition coefficient (Wildman–Crippen LogP) is 6.94. The van der Waals surface area contributed by atoms with Gasteiger partial charge in [-0.3, -0.25) is 14.5 Å². The lowest BCUT2D eigenvalue weighted by Gasteiger charge is -2.39. The number of piperazine rings is 1. The molecule has 0 aliphatic carbocycles. The third kappa shape index (κ3) is 8.10. The number of hydrogen-bond acceptors (Lipinski definition) is 8. The molecule has 8 nitrogen and oxygen atoms in total. The minimum atomic E-state index is -5.11. The van der Waals surface area contributed by atoms with E-state index in [9.17, 15) is 50.4 Å². The fourth-order valence-corrected chi connectivity index (χ4v) is 7.07. The Kier molecular flexibility index (Phi) is 11.0. The van der Waals surface area contributed by atoms with Crippen LogP contribution in [0.3, 0.4) is 0 Å². The van der Waals surface area contributed by atoms with Crippen LogP contribution in [-0.2, 0) is 43.4 Å². The molecule has 1 aromatic heterocycles.